The lowest BCUT2D eigenvalue weighted by Gasteiger charge is -2.41. The molecule has 4 amide bonds. The van der Waals surface area contributed by atoms with Crippen LogP contribution < -0.4 is 10.7 Å². The zero-order valence-electron chi connectivity index (χ0n) is 44.0. The van der Waals surface area contributed by atoms with Crippen molar-refractivity contribution in [2.45, 2.75) is 135 Å². The summed E-state index contributed by atoms with van der Waals surface area (Å²) in [5, 5.41) is 4.50. The van der Waals surface area contributed by atoms with Gasteiger partial charge in [0.1, 0.15) is 36.6 Å². The number of ether oxygens (including phenoxy) is 2. The van der Waals surface area contributed by atoms with E-state index in [-0.39, 0.29) is 61.8 Å². The molecule has 1 aromatic carbocycles. The number of halogens is 4. The molecule has 17 nitrogen and oxygen atoms in total. The number of aromatic nitrogens is 3. The Labute approximate surface area is 434 Å². The number of alkyl halides is 4. The second-order valence-electron chi connectivity index (χ2n) is 21.9. The van der Waals surface area contributed by atoms with Crippen LogP contribution in [0.2, 0.25) is 0 Å². The van der Waals surface area contributed by atoms with Crippen molar-refractivity contribution < 1.29 is 55.4 Å². The number of hydrogen-bond acceptors (Lipinski definition) is 12. The van der Waals surface area contributed by atoms with Crippen LogP contribution in [0.5, 0.6) is 0 Å². The first kappa shape index (κ1) is 54.9. The van der Waals surface area contributed by atoms with Gasteiger partial charge in [0, 0.05) is 80.4 Å². The predicted molar refractivity (Wildman–Crippen MR) is 269 cm³/mol. The summed E-state index contributed by atoms with van der Waals surface area (Å²) in [5.41, 5.74) is 1.76. The van der Waals surface area contributed by atoms with Crippen LogP contribution in [0.15, 0.2) is 47.2 Å². The standard InChI is InChI=1S/C54H67F4N9O8/c1-32(2)45(63(8)50(72)53(55)19-24-64(29-53)43(68)17-18-52(6,7)65-21-12-22-65)47(69)61-39-26-42-60-40(28-74-42)34-15-16-41-36(25-34)37(27-51(4,5)31-75-49(71)38-14-11-23-67(62-38)48(39)70)46(66(41)30-54(56,57)58)35-13-10-20-59-44(35)33(3)73-9/h10,13,15-16,20,25,28,32-33,38-39,45,62H,11-12,14,19,21-24,26-27,29-31H2,1-9H3,(H,61,69)/t33-,38-,39-,45-,53+/m0/s1. The molecule has 4 aliphatic heterocycles. The third-order valence-corrected chi connectivity index (χ3v) is 14.8. The number of amides is 4. The molecular weight excluding hydrogens is 979 g/mol. The number of fused-ring (bicyclic) bond motifs is 6. The van der Waals surface area contributed by atoms with Gasteiger partial charge in [-0.05, 0) is 88.1 Å². The van der Waals surface area contributed by atoms with Crippen molar-refractivity contribution in [2.24, 2.45) is 11.3 Å². The molecule has 0 saturated carbocycles. The lowest BCUT2D eigenvalue weighted by molar-refractivity contribution is -0.155. The predicted octanol–water partition coefficient (Wildman–Crippen LogP) is 6.19. The minimum Gasteiger partial charge on any atom is -0.464 e. The Morgan fingerprint density at radius 2 is 1.81 bits per heavy atom. The zero-order valence-corrected chi connectivity index (χ0v) is 44.0. The van der Waals surface area contributed by atoms with Crippen molar-refractivity contribution in [3.05, 3.63) is 59.9 Å². The topological polar surface area (TPSA) is 185 Å². The highest BCUT2D eigenvalue weighted by atomic mass is 19.4. The summed E-state index contributed by atoms with van der Waals surface area (Å²) in [6.07, 6.45) is -1.10. The quantitative estimate of drug-likeness (QED) is 0.105. The van der Waals surface area contributed by atoms with Gasteiger partial charge in [0.05, 0.1) is 42.6 Å². The number of benzene rings is 1. The maximum atomic E-state index is 16.8. The summed E-state index contributed by atoms with van der Waals surface area (Å²) in [7, 11) is 2.80. The Hall–Kier alpha value is -6.37. The Morgan fingerprint density at radius 1 is 1.07 bits per heavy atom. The molecule has 0 unspecified atom stereocenters. The number of likely N-dealkylation sites (N-methyl/N-ethyl adjacent to an activating group) is 1. The number of esters is 1. The summed E-state index contributed by atoms with van der Waals surface area (Å²) in [4.78, 5) is 84.1. The van der Waals surface area contributed by atoms with E-state index in [2.05, 4.69) is 32.5 Å². The molecule has 4 aliphatic rings. The van der Waals surface area contributed by atoms with Gasteiger partial charge in [0.2, 0.25) is 11.6 Å². The lowest BCUT2D eigenvalue weighted by Crippen LogP contribution is -2.62. The number of likely N-dealkylation sites (tertiary alicyclic amines) is 2. The van der Waals surface area contributed by atoms with Crippen molar-refractivity contribution in [1.29, 1.82) is 0 Å². The number of rotatable bonds is 10. The second-order valence-corrected chi connectivity index (χ2v) is 21.9. The number of hydrazine groups is 1. The molecule has 5 atom stereocenters. The smallest absolute Gasteiger partial charge is 0.406 e. The highest BCUT2D eigenvalue weighted by Gasteiger charge is 2.50. The van der Waals surface area contributed by atoms with Gasteiger partial charge in [0.25, 0.3) is 17.7 Å². The normalized spacial score (nSPS) is 22.4. The van der Waals surface area contributed by atoms with Crippen LogP contribution in [0.3, 0.4) is 0 Å². The summed E-state index contributed by atoms with van der Waals surface area (Å²) in [6, 6.07) is 4.60. The van der Waals surface area contributed by atoms with Crippen LogP contribution in [0.4, 0.5) is 17.6 Å². The van der Waals surface area contributed by atoms with Crippen LogP contribution in [-0.2, 0) is 52.8 Å². The number of nitrogens with one attached hydrogen (secondary N) is 2. The van der Waals surface area contributed by atoms with Crippen LogP contribution in [0.25, 0.3) is 33.4 Å². The van der Waals surface area contributed by atoms with Crippen LogP contribution >= 0.6 is 0 Å². The number of cyclic esters (lactones) is 1. The van der Waals surface area contributed by atoms with Crippen molar-refractivity contribution >= 4 is 40.5 Å². The first-order valence-corrected chi connectivity index (χ1v) is 25.5. The monoisotopic (exact) mass is 1050 g/mol. The average Bonchev–Trinajstić information content (AvgIpc) is 4.07. The molecule has 6 bridgehead atoms. The number of oxazole rings is 1. The molecule has 3 fully saturated rings. The number of hydrogen-bond donors (Lipinski definition) is 2. The van der Waals surface area contributed by atoms with Gasteiger partial charge in [0.15, 0.2) is 5.89 Å². The zero-order chi connectivity index (χ0) is 54.4. The molecule has 0 radical (unpaired) electrons. The Bertz CT molecular complexity index is 2900. The SMILES string of the molecule is CO[C@@H](C)c1ncccc1-c1c2c3cc(ccc3n1CC(F)(F)F)-c1coc(n1)C[C@H](NC(=O)[C@H](C(C)C)N(C)C(=O)[C@@]1(F)CCN(C(=O)C#CC(C)(C)N3CCC3)C1)C(=O)N1CCC[C@H](N1)C(=O)OCC(C)(C)C2. The van der Waals surface area contributed by atoms with Crippen molar-refractivity contribution in [1.82, 2.24) is 45.0 Å². The third kappa shape index (κ3) is 11.7. The molecule has 2 N–H and O–H groups in total. The van der Waals surface area contributed by atoms with E-state index in [1.807, 2.05) is 27.7 Å². The number of nitrogens with zero attached hydrogens (tertiary/aromatic N) is 7. The van der Waals surface area contributed by atoms with Gasteiger partial charge < -0.3 is 33.6 Å². The fourth-order valence-corrected chi connectivity index (χ4v) is 10.6. The van der Waals surface area contributed by atoms with Crippen LogP contribution in [0.1, 0.15) is 97.4 Å². The average molecular weight is 1050 g/mol. The highest BCUT2D eigenvalue weighted by Crippen LogP contribution is 2.43. The summed E-state index contributed by atoms with van der Waals surface area (Å²) in [5.74, 6) is 1.31. The van der Waals surface area contributed by atoms with Gasteiger partial charge in [-0.25, -0.2) is 14.8 Å². The fraction of sp³-hybridized carbons (Fsp3) is 0.574. The molecule has 8 rings (SSSR count). The van der Waals surface area contributed by atoms with Crippen LogP contribution in [-0.4, -0.2) is 153 Å². The minimum absolute atomic E-state index is 0.00314. The molecule has 3 saturated heterocycles. The Kier molecular flexibility index (Phi) is 15.6. The van der Waals surface area contributed by atoms with Gasteiger partial charge in [-0.3, -0.25) is 38.9 Å². The highest BCUT2D eigenvalue weighted by molar-refractivity contribution is 5.98. The van der Waals surface area contributed by atoms with Crippen molar-refractivity contribution in [3.63, 3.8) is 0 Å². The Balaban J connectivity index is 1.13. The van der Waals surface area contributed by atoms with Gasteiger partial charge >= 0.3 is 12.1 Å². The largest absolute Gasteiger partial charge is 0.464 e. The molecule has 7 heterocycles. The molecule has 75 heavy (non-hydrogen) atoms. The Morgan fingerprint density at radius 3 is 2.49 bits per heavy atom. The number of pyridine rings is 1. The first-order chi connectivity index (χ1) is 35.3. The van der Waals surface area contributed by atoms with E-state index in [4.69, 9.17) is 18.9 Å². The first-order valence-electron chi connectivity index (χ1n) is 25.5. The molecular formula is C54H67F4N9O8. The minimum atomic E-state index is -4.63. The van der Waals surface area contributed by atoms with Gasteiger partial charge in [-0.2, -0.15) is 13.2 Å². The molecule has 404 valence electrons. The van der Waals surface area contributed by atoms with Crippen LogP contribution in [0, 0.1) is 23.2 Å². The molecule has 0 aliphatic carbocycles. The van der Waals surface area contributed by atoms with E-state index in [1.165, 1.54) is 34.9 Å². The summed E-state index contributed by atoms with van der Waals surface area (Å²) >= 11 is 0. The molecule has 0 spiro atoms. The maximum absolute atomic E-state index is 16.8. The molecule has 4 aromatic rings. The van der Waals surface area contributed by atoms with Gasteiger partial charge in [-0.15, -0.1) is 0 Å². The van der Waals surface area contributed by atoms with E-state index in [1.54, 1.807) is 57.3 Å². The van der Waals surface area contributed by atoms with E-state index in [0.717, 1.165) is 24.4 Å². The number of carbonyl (C=O) groups excluding carboxylic acids is 5. The molecule has 3 aromatic heterocycles. The van der Waals surface area contributed by atoms with Crippen molar-refractivity contribution in [3.8, 4) is 34.4 Å². The molecule has 21 heteroatoms. The van der Waals surface area contributed by atoms with E-state index in [0.29, 0.717) is 40.6 Å². The number of carbonyl (C=O) groups is 5. The summed E-state index contributed by atoms with van der Waals surface area (Å²) in [6.45, 7) is 12.4. The lowest BCUT2D eigenvalue weighted by atomic mass is 9.84. The van der Waals surface area contributed by atoms with Crippen molar-refractivity contribution in [2.75, 3.05) is 53.5 Å². The van der Waals surface area contributed by atoms with Gasteiger partial charge in [-0.1, -0.05) is 39.7 Å². The van der Waals surface area contributed by atoms with E-state index < -0.39 is 95.6 Å². The number of methoxy groups -OCH3 is 1. The maximum Gasteiger partial charge on any atom is 0.406 e. The fourth-order valence-electron chi connectivity index (χ4n) is 10.6. The third-order valence-electron chi connectivity index (χ3n) is 14.8. The van der Waals surface area contributed by atoms with E-state index >= 15 is 4.39 Å². The second kappa shape index (κ2) is 21.3. The van der Waals surface area contributed by atoms with E-state index in [9.17, 15) is 37.1 Å². The summed E-state index contributed by atoms with van der Waals surface area (Å²) < 4.78 is 79.6.